The minimum Gasteiger partial charge on any atom is -0.466 e. The molecule has 0 radical (unpaired) electrons. The maximum Gasteiger partial charge on any atom is 0.311 e. The van der Waals surface area contributed by atoms with E-state index in [0.29, 0.717) is 10.0 Å². The van der Waals surface area contributed by atoms with Gasteiger partial charge in [0.15, 0.2) is 0 Å². The summed E-state index contributed by atoms with van der Waals surface area (Å²) in [5.74, 6) is -0.721. The Morgan fingerprint density at radius 3 is 2.17 bits per heavy atom. The number of rotatable bonds is 5. The normalized spacial score (nSPS) is 9.94. The SMILES string of the molecule is CCOC(=O)CCC(=O)Oc1cc(Cl)cc(Cl)c1. The summed E-state index contributed by atoms with van der Waals surface area (Å²) in [6.07, 6.45) is -0.0655. The Balaban J connectivity index is 2.47. The Bertz CT molecular complexity index is 425. The molecule has 1 aromatic carbocycles. The minimum absolute atomic E-state index is 0.0129. The van der Waals surface area contributed by atoms with Crippen LogP contribution in [-0.4, -0.2) is 18.5 Å². The Labute approximate surface area is 115 Å². The van der Waals surface area contributed by atoms with Gasteiger partial charge >= 0.3 is 11.9 Å². The second-order valence-corrected chi connectivity index (χ2v) is 4.26. The predicted octanol–water partition coefficient (Wildman–Crippen LogP) is 3.24. The molecule has 0 spiro atoms. The van der Waals surface area contributed by atoms with Crippen molar-refractivity contribution in [2.45, 2.75) is 19.8 Å². The van der Waals surface area contributed by atoms with E-state index >= 15 is 0 Å². The number of benzene rings is 1. The Morgan fingerprint density at radius 2 is 1.61 bits per heavy atom. The molecule has 0 fully saturated rings. The molecule has 98 valence electrons. The predicted molar refractivity (Wildman–Crippen MR) is 68.0 cm³/mol. The van der Waals surface area contributed by atoms with Gasteiger partial charge in [-0.15, -0.1) is 0 Å². The maximum absolute atomic E-state index is 11.4. The van der Waals surface area contributed by atoms with Gasteiger partial charge in [-0.3, -0.25) is 9.59 Å². The molecule has 0 aliphatic heterocycles. The molecule has 1 aromatic rings. The molecule has 0 saturated heterocycles. The van der Waals surface area contributed by atoms with Gasteiger partial charge in [0.1, 0.15) is 5.75 Å². The number of halogens is 2. The first-order valence-corrected chi connectivity index (χ1v) is 6.09. The highest BCUT2D eigenvalue weighted by Crippen LogP contribution is 2.24. The highest BCUT2D eigenvalue weighted by Gasteiger charge is 2.10. The molecule has 1 rings (SSSR count). The molecule has 0 aliphatic carbocycles. The van der Waals surface area contributed by atoms with Gasteiger partial charge in [0.2, 0.25) is 0 Å². The fourth-order valence-corrected chi connectivity index (χ4v) is 1.71. The van der Waals surface area contributed by atoms with E-state index in [1.165, 1.54) is 18.2 Å². The number of esters is 2. The zero-order valence-corrected chi connectivity index (χ0v) is 11.3. The number of hydrogen-bond acceptors (Lipinski definition) is 4. The van der Waals surface area contributed by atoms with Crippen molar-refractivity contribution in [1.29, 1.82) is 0 Å². The fraction of sp³-hybridized carbons (Fsp3) is 0.333. The summed E-state index contributed by atoms with van der Waals surface area (Å²) in [7, 11) is 0. The minimum atomic E-state index is -0.540. The van der Waals surface area contributed by atoms with Crippen LogP contribution in [0.1, 0.15) is 19.8 Å². The molecule has 0 N–H and O–H groups in total. The Morgan fingerprint density at radius 1 is 1.06 bits per heavy atom. The zero-order chi connectivity index (χ0) is 13.5. The first-order valence-electron chi connectivity index (χ1n) is 5.33. The highest BCUT2D eigenvalue weighted by atomic mass is 35.5. The van der Waals surface area contributed by atoms with Crippen molar-refractivity contribution in [3.63, 3.8) is 0 Å². The summed E-state index contributed by atoms with van der Waals surface area (Å²) < 4.78 is 9.68. The van der Waals surface area contributed by atoms with Crippen molar-refractivity contribution in [1.82, 2.24) is 0 Å². The van der Waals surface area contributed by atoms with E-state index < -0.39 is 11.9 Å². The quantitative estimate of drug-likeness (QED) is 0.617. The van der Waals surface area contributed by atoms with Crippen molar-refractivity contribution in [3.8, 4) is 5.75 Å². The number of carbonyl (C=O) groups excluding carboxylic acids is 2. The van der Waals surface area contributed by atoms with Gasteiger partial charge in [0.05, 0.1) is 19.4 Å². The van der Waals surface area contributed by atoms with Gasteiger partial charge in [-0.05, 0) is 25.1 Å². The van der Waals surface area contributed by atoms with Crippen molar-refractivity contribution >= 4 is 35.1 Å². The molecule has 0 atom stereocenters. The molecule has 0 unspecified atom stereocenters. The van der Waals surface area contributed by atoms with E-state index in [1.54, 1.807) is 6.92 Å². The van der Waals surface area contributed by atoms with Crippen LogP contribution in [0, 0.1) is 0 Å². The number of ether oxygens (including phenoxy) is 2. The van der Waals surface area contributed by atoms with E-state index in [2.05, 4.69) is 0 Å². The summed E-state index contributed by atoms with van der Waals surface area (Å²) in [5.41, 5.74) is 0. The molecule has 0 aromatic heterocycles. The van der Waals surface area contributed by atoms with Crippen molar-refractivity contribution in [2.24, 2.45) is 0 Å². The lowest BCUT2D eigenvalue weighted by Gasteiger charge is -2.05. The molecular weight excluding hydrogens is 279 g/mol. The van der Waals surface area contributed by atoms with Crippen LogP contribution in [0.5, 0.6) is 5.75 Å². The van der Waals surface area contributed by atoms with Crippen molar-refractivity contribution in [2.75, 3.05) is 6.61 Å². The zero-order valence-electron chi connectivity index (χ0n) is 9.74. The molecule has 0 amide bonds. The number of hydrogen-bond donors (Lipinski definition) is 0. The van der Waals surface area contributed by atoms with Gasteiger partial charge in [-0.25, -0.2) is 0 Å². The van der Waals surface area contributed by atoms with Crippen LogP contribution in [0.4, 0.5) is 0 Å². The summed E-state index contributed by atoms with van der Waals surface area (Å²) in [6.45, 7) is 1.99. The molecule has 18 heavy (non-hydrogen) atoms. The van der Waals surface area contributed by atoms with Gasteiger partial charge < -0.3 is 9.47 Å². The first-order chi connectivity index (χ1) is 8.51. The van der Waals surface area contributed by atoms with Crippen LogP contribution < -0.4 is 4.74 Å². The van der Waals surface area contributed by atoms with Crippen molar-refractivity contribution < 1.29 is 19.1 Å². The molecule has 0 bridgehead atoms. The van der Waals surface area contributed by atoms with Gasteiger partial charge in [-0.1, -0.05) is 23.2 Å². The maximum atomic E-state index is 11.4. The highest BCUT2D eigenvalue weighted by molar-refractivity contribution is 6.34. The van der Waals surface area contributed by atoms with Crippen molar-refractivity contribution in [3.05, 3.63) is 28.2 Å². The van der Waals surface area contributed by atoms with Crippen LogP contribution in [0.2, 0.25) is 10.0 Å². The second kappa shape index (κ2) is 7.24. The Hall–Kier alpha value is -1.26. The smallest absolute Gasteiger partial charge is 0.311 e. The molecule has 0 heterocycles. The second-order valence-electron chi connectivity index (χ2n) is 3.38. The van der Waals surface area contributed by atoms with Gasteiger partial charge in [0.25, 0.3) is 0 Å². The topological polar surface area (TPSA) is 52.6 Å². The van der Waals surface area contributed by atoms with E-state index in [-0.39, 0.29) is 25.2 Å². The molecule has 0 aliphatic rings. The fourth-order valence-electron chi connectivity index (χ4n) is 1.21. The summed E-state index contributed by atoms with van der Waals surface area (Å²) in [5, 5.41) is 0.742. The van der Waals surface area contributed by atoms with Crippen LogP contribution in [0.3, 0.4) is 0 Å². The lowest BCUT2D eigenvalue weighted by atomic mass is 10.3. The third-order valence-electron chi connectivity index (χ3n) is 1.91. The van der Waals surface area contributed by atoms with Crippen LogP contribution >= 0.6 is 23.2 Å². The first kappa shape index (κ1) is 14.8. The average molecular weight is 291 g/mol. The van der Waals surface area contributed by atoms with Gasteiger partial charge in [0, 0.05) is 10.0 Å². The monoisotopic (exact) mass is 290 g/mol. The third kappa shape index (κ3) is 5.38. The molecule has 4 nitrogen and oxygen atoms in total. The summed E-state index contributed by atoms with van der Waals surface area (Å²) >= 11 is 11.5. The lowest BCUT2D eigenvalue weighted by Crippen LogP contribution is -2.12. The third-order valence-corrected chi connectivity index (χ3v) is 2.34. The van der Waals surface area contributed by atoms with Crippen LogP contribution in [0.25, 0.3) is 0 Å². The molecular formula is C12H12Cl2O4. The molecule has 0 saturated carbocycles. The standard InChI is InChI=1S/C12H12Cl2O4/c1-2-17-11(15)3-4-12(16)18-10-6-8(13)5-9(14)7-10/h5-7H,2-4H2,1H3. The van der Waals surface area contributed by atoms with E-state index in [4.69, 9.17) is 32.7 Å². The average Bonchev–Trinajstić information content (AvgIpc) is 2.25. The largest absolute Gasteiger partial charge is 0.466 e. The lowest BCUT2D eigenvalue weighted by molar-refractivity contribution is -0.146. The van der Waals surface area contributed by atoms with E-state index in [0.717, 1.165) is 0 Å². The molecule has 6 heteroatoms. The van der Waals surface area contributed by atoms with E-state index in [9.17, 15) is 9.59 Å². The Kier molecular flexibility index (Phi) is 5.95. The van der Waals surface area contributed by atoms with E-state index in [1.807, 2.05) is 0 Å². The van der Waals surface area contributed by atoms with Crippen LogP contribution in [0.15, 0.2) is 18.2 Å². The summed E-state index contributed by atoms with van der Waals surface area (Å²) in [6, 6.07) is 4.46. The van der Waals surface area contributed by atoms with Gasteiger partial charge in [-0.2, -0.15) is 0 Å². The number of carbonyl (C=O) groups is 2. The summed E-state index contributed by atoms with van der Waals surface area (Å²) in [4.78, 5) is 22.5. The van der Waals surface area contributed by atoms with Crippen LogP contribution in [-0.2, 0) is 14.3 Å².